The molecule has 21 heavy (non-hydrogen) atoms. The Morgan fingerprint density at radius 1 is 1.24 bits per heavy atom. The number of pyridine rings is 1. The first-order valence-electron chi connectivity index (χ1n) is 6.53. The molecule has 1 aliphatic rings. The van der Waals surface area contributed by atoms with Crippen LogP contribution in [-0.2, 0) is 0 Å². The lowest BCUT2D eigenvalue weighted by molar-refractivity contribution is 0.174. The number of benzene rings is 1. The highest BCUT2D eigenvalue weighted by molar-refractivity contribution is 7.03. The number of hydrogen-bond donors (Lipinski definition) is 0. The van der Waals surface area contributed by atoms with Crippen molar-refractivity contribution in [3.8, 4) is 22.8 Å². The predicted octanol–water partition coefficient (Wildman–Crippen LogP) is 4.09. The summed E-state index contributed by atoms with van der Waals surface area (Å²) in [6, 6.07) is 3.81. The first-order valence-corrected chi connectivity index (χ1v) is 7.74. The minimum atomic E-state index is 0.541. The highest BCUT2D eigenvalue weighted by Gasteiger charge is 2.21. The fourth-order valence-corrected chi connectivity index (χ4v) is 3.30. The Morgan fingerprint density at radius 2 is 2.10 bits per heavy atom. The van der Waals surface area contributed by atoms with Gasteiger partial charge in [-0.15, -0.1) is 0 Å². The Kier molecular flexibility index (Phi) is 2.97. The van der Waals surface area contributed by atoms with Crippen molar-refractivity contribution < 1.29 is 9.47 Å². The summed E-state index contributed by atoms with van der Waals surface area (Å²) < 4.78 is 15.5. The lowest BCUT2D eigenvalue weighted by Crippen LogP contribution is -2.16. The van der Waals surface area contributed by atoms with Crippen molar-refractivity contribution in [1.82, 2.24) is 9.36 Å². The van der Waals surface area contributed by atoms with Crippen molar-refractivity contribution in [3.05, 3.63) is 34.3 Å². The number of rotatable bonds is 1. The number of ether oxygens (including phenoxy) is 2. The van der Waals surface area contributed by atoms with Gasteiger partial charge in [-0.2, -0.15) is 0 Å². The Hall–Kier alpha value is -1.85. The lowest BCUT2D eigenvalue weighted by Gasteiger charge is -2.21. The summed E-state index contributed by atoms with van der Waals surface area (Å²) in [5.74, 6) is 1.43. The van der Waals surface area contributed by atoms with E-state index in [1.54, 1.807) is 6.07 Å². The number of fused-ring (bicyclic) bond motifs is 3. The molecule has 2 aromatic heterocycles. The quantitative estimate of drug-likeness (QED) is 0.678. The Balaban J connectivity index is 2.04. The molecular formula is C15H11ClN2O2S. The van der Waals surface area contributed by atoms with Gasteiger partial charge in [-0.1, -0.05) is 11.6 Å². The average molecular weight is 319 g/mol. The van der Waals surface area contributed by atoms with Crippen LogP contribution in [-0.4, -0.2) is 22.6 Å². The molecule has 0 N–H and O–H groups in total. The highest BCUT2D eigenvalue weighted by Crippen LogP contribution is 2.43. The lowest BCUT2D eigenvalue weighted by atomic mass is 10.1. The smallest absolute Gasteiger partial charge is 0.171 e. The molecule has 106 valence electrons. The maximum atomic E-state index is 6.39. The van der Waals surface area contributed by atoms with Crippen LogP contribution in [0.3, 0.4) is 0 Å². The van der Waals surface area contributed by atoms with Crippen molar-refractivity contribution in [2.45, 2.75) is 6.92 Å². The molecular weight excluding hydrogens is 308 g/mol. The Morgan fingerprint density at radius 3 is 2.90 bits per heavy atom. The van der Waals surface area contributed by atoms with E-state index in [1.807, 2.05) is 24.6 Å². The summed E-state index contributed by atoms with van der Waals surface area (Å²) in [7, 11) is 0. The molecule has 0 saturated carbocycles. The first-order chi connectivity index (χ1) is 10.2. The van der Waals surface area contributed by atoms with Gasteiger partial charge in [0, 0.05) is 17.0 Å². The number of halogens is 1. The zero-order valence-electron chi connectivity index (χ0n) is 11.2. The second kappa shape index (κ2) is 4.86. The molecule has 3 heterocycles. The maximum Gasteiger partial charge on any atom is 0.171 e. The van der Waals surface area contributed by atoms with Crippen LogP contribution in [0.2, 0.25) is 5.02 Å². The van der Waals surface area contributed by atoms with Gasteiger partial charge < -0.3 is 9.47 Å². The second-order valence-electron chi connectivity index (χ2n) is 4.84. The van der Waals surface area contributed by atoms with Crippen molar-refractivity contribution >= 4 is 34.0 Å². The van der Waals surface area contributed by atoms with Crippen LogP contribution in [0.5, 0.6) is 11.5 Å². The summed E-state index contributed by atoms with van der Waals surface area (Å²) in [6.07, 6.45) is 1.81. The molecule has 0 bridgehead atoms. The molecule has 0 amide bonds. The molecule has 0 atom stereocenters. The van der Waals surface area contributed by atoms with Gasteiger partial charge in [-0.3, -0.25) is 0 Å². The van der Waals surface area contributed by atoms with E-state index in [4.69, 9.17) is 21.1 Å². The first kappa shape index (κ1) is 12.9. The highest BCUT2D eigenvalue weighted by atomic mass is 35.5. The summed E-state index contributed by atoms with van der Waals surface area (Å²) >= 11 is 7.79. The van der Waals surface area contributed by atoms with Gasteiger partial charge in [0.1, 0.15) is 13.2 Å². The van der Waals surface area contributed by atoms with Gasteiger partial charge in [0.15, 0.2) is 11.5 Å². The molecule has 3 aromatic rings. The van der Waals surface area contributed by atoms with Crippen LogP contribution < -0.4 is 9.47 Å². The van der Waals surface area contributed by atoms with Gasteiger partial charge in [0.25, 0.3) is 0 Å². The average Bonchev–Trinajstić information content (AvgIpc) is 3.01. The summed E-state index contributed by atoms with van der Waals surface area (Å²) in [5, 5.41) is 3.46. The molecule has 0 radical (unpaired) electrons. The van der Waals surface area contributed by atoms with E-state index in [-0.39, 0.29) is 0 Å². The van der Waals surface area contributed by atoms with Crippen molar-refractivity contribution in [1.29, 1.82) is 0 Å². The molecule has 1 aromatic carbocycles. The molecule has 1 aliphatic heterocycles. The van der Waals surface area contributed by atoms with Crippen LogP contribution in [0.15, 0.2) is 23.7 Å². The molecule has 6 heteroatoms. The van der Waals surface area contributed by atoms with Crippen LogP contribution in [0.4, 0.5) is 0 Å². The van der Waals surface area contributed by atoms with E-state index in [1.165, 1.54) is 11.5 Å². The molecule has 0 spiro atoms. The zero-order chi connectivity index (χ0) is 14.4. The van der Waals surface area contributed by atoms with Crippen molar-refractivity contribution in [2.75, 3.05) is 13.2 Å². The SMILES string of the molecule is Cc1cc(-c2cnsc2)nc2c(Cl)cc3c(c12)OCCO3. The number of aryl methyl sites for hydroxylation is 1. The standard InChI is InChI=1S/C15H11ClN2O2S/c1-8-4-11(9-6-17-21-7-9)18-14-10(16)5-12-15(13(8)14)20-3-2-19-12/h4-7H,2-3H2,1H3. The maximum absolute atomic E-state index is 6.39. The molecule has 0 fully saturated rings. The van der Waals surface area contributed by atoms with E-state index in [9.17, 15) is 0 Å². The largest absolute Gasteiger partial charge is 0.486 e. The summed E-state index contributed by atoms with van der Waals surface area (Å²) in [4.78, 5) is 4.69. The molecule has 4 rings (SSSR count). The number of aromatic nitrogens is 2. The fourth-order valence-electron chi connectivity index (χ4n) is 2.53. The summed E-state index contributed by atoms with van der Waals surface area (Å²) in [5.41, 5.74) is 3.66. The second-order valence-corrected chi connectivity index (χ2v) is 5.91. The molecule has 4 nitrogen and oxygen atoms in total. The van der Waals surface area contributed by atoms with Gasteiger partial charge in [-0.05, 0) is 30.1 Å². The topological polar surface area (TPSA) is 44.2 Å². The van der Waals surface area contributed by atoms with E-state index in [2.05, 4.69) is 9.36 Å². The van der Waals surface area contributed by atoms with Gasteiger partial charge in [0.2, 0.25) is 0 Å². The minimum Gasteiger partial charge on any atom is -0.486 e. The third-order valence-corrected chi connectivity index (χ3v) is 4.34. The van der Waals surface area contributed by atoms with Crippen LogP contribution in [0, 0.1) is 6.92 Å². The van der Waals surface area contributed by atoms with E-state index < -0.39 is 0 Å². The van der Waals surface area contributed by atoms with Crippen LogP contribution in [0.1, 0.15) is 5.56 Å². The number of hydrogen-bond acceptors (Lipinski definition) is 5. The minimum absolute atomic E-state index is 0.541. The van der Waals surface area contributed by atoms with Crippen molar-refractivity contribution in [2.24, 2.45) is 0 Å². The molecule has 0 unspecified atom stereocenters. The zero-order valence-corrected chi connectivity index (χ0v) is 12.8. The molecule has 0 saturated heterocycles. The van der Waals surface area contributed by atoms with E-state index >= 15 is 0 Å². The number of nitrogens with zero attached hydrogens (tertiary/aromatic N) is 2. The normalized spacial score (nSPS) is 13.6. The Bertz CT molecular complexity index is 834. The van der Waals surface area contributed by atoms with E-state index in [0.717, 1.165) is 33.5 Å². The fraction of sp³-hybridized carbons (Fsp3) is 0.200. The Labute approximate surface area is 130 Å². The summed E-state index contributed by atoms with van der Waals surface area (Å²) in [6.45, 7) is 3.11. The van der Waals surface area contributed by atoms with Gasteiger partial charge >= 0.3 is 0 Å². The predicted molar refractivity (Wildman–Crippen MR) is 83.6 cm³/mol. The van der Waals surface area contributed by atoms with E-state index in [0.29, 0.717) is 24.0 Å². The monoisotopic (exact) mass is 318 g/mol. The van der Waals surface area contributed by atoms with Crippen molar-refractivity contribution in [3.63, 3.8) is 0 Å². The molecule has 0 aliphatic carbocycles. The van der Waals surface area contributed by atoms with Crippen LogP contribution in [0.25, 0.3) is 22.2 Å². The third-order valence-electron chi connectivity index (χ3n) is 3.47. The van der Waals surface area contributed by atoms with Gasteiger partial charge in [0.05, 0.1) is 27.8 Å². The van der Waals surface area contributed by atoms with Gasteiger partial charge in [-0.25, -0.2) is 9.36 Å². The van der Waals surface area contributed by atoms with Crippen LogP contribution >= 0.6 is 23.1 Å². The third kappa shape index (κ3) is 2.04.